The third kappa shape index (κ3) is 5.16. The summed E-state index contributed by atoms with van der Waals surface area (Å²) < 4.78 is 10.8. The van der Waals surface area contributed by atoms with E-state index >= 15 is 0 Å². The zero-order valence-electron chi connectivity index (χ0n) is 9.91. The molecular formula is C11H22ClNO2. The number of nitrogens with zero attached hydrogens (tertiary/aromatic N) is 1. The van der Waals surface area contributed by atoms with Crippen molar-refractivity contribution in [1.82, 2.24) is 4.90 Å². The van der Waals surface area contributed by atoms with Gasteiger partial charge in [0.1, 0.15) is 0 Å². The van der Waals surface area contributed by atoms with Crippen LogP contribution in [0.5, 0.6) is 0 Å². The largest absolute Gasteiger partial charge is 0.383 e. The van der Waals surface area contributed by atoms with Gasteiger partial charge in [-0.3, -0.25) is 0 Å². The van der Waals surface area contributed by atoms with Crippen LogP contribution in [0, 0.1) is 0 Å². The first kappa shape index (κ1) is 13.2. The van der Waals surface area contributed by atoms with Gasteiger partial charge in [0.25, 0.3) is 0 Å². The smallest absolute Gasteiger partial charge is 0.0706 e. The number of hydrogen-bond donors (Lipinski definition) is 0. The van der Waals surface area contributed by atoms with Gasteiger partial charge in [-0.05, 0) is 26.8 Å². The molecule has 0 aromatic heterocycles. The molecule has 1 saturated heterocycles. The number of halogens is 1. The van der Waals surface area contributed by atoms with Crippen LogP contribution in [0.15, 0.2) is 0 Å². The first-order chi connectivity index (χ1) is 7.11. The monoisotopic (exact) mass is 235 g/mol. The molecule has 0 aromatic carbocycles. The number of ether oxygens (including phenoxy) is 2. The molecule has 4 heteroatoms. The van der Waals surface area contributed by atoms with E-state index in [0.29, 0.717) is 18.8 Å². The molecule has 1 aliphatic rings. The molecule has 0 bridgehead atoms. The first-order valence-corrected chi connectivity index (χ1v) is 6.02. The maximum Gasteiger partial charge on any atom is 0.0706 e. The normalized spacial score (nSPS) is 28.6. The van der Waals surface area contributed by atoms with Gasteiger partial charge >= 0.3 is 0 Å². The van der Waals surface area contributed by atoms with E-state index in [0.717, 1.165) is 13.1 Å². The van der Waals surface area contributed by atoms with Crippen LogP contribution in [0.1, 0.15) is 19.8 Å². The Kier molecular flexibility index (Phi) is 5.90. The highest BCUT2D eigenvalue weighted by Gasteiger charge is 2.23. The number of hydrogen-bond acceptors (Lipinski definition) is 3. The van der Waals surface area contributed by atoms with Crippen LogP contribution in [0.25, 0.3) is 0 Å². The Morgan fingerprint density at radius 2 is 2.27 bits per heavy atom. The molecule has 1 rings (SSSR count). The summed E-state index contributed by atoms with van der Waals surface area (Å²) in [6.07, 6.45) is 3.16. The van der Waals surface area contributed by atoms with Crippen molar-refractivity contribution in [3.63, 3.8) is 0 Å². The lowest BCUT2D eigenvalue weighted by Gasteiger charge is -2.22. The molecule has 90 valence electrons. The van der Waals surface area contributed by atoms with E-state index in [9.17, 15) is 0 Å². The van der Waals surface area contributed by atoms with E-state index in [-0.39, 0.29) is 5.38 Å². The average molecular weight is 236 g/mol. The van der Waals surface area contributed by atoms with Gasteiger partial charge in [0.05, 0.1) is 24.2 Å². The molecule has 3 nitrogen and oxygen atoms in total. The fraction of sp³-hybridized carbons (Fsp3) is 1.00. The molecule has 0 amide bonds. The number of alkyl halides is 1. The van der Waals surface area contributed by atoms with Gasteiger partial charge in [-0.2, -0.15) is 0 Å². The Morgan fingerprint density at radius 1 is 1.53 bits per heavy atom. The van der Waals surface area contributed by atoms with Crippen LogP contribution in [0.4, 0.5) is 0 Å². The minimum atomic E-state index is 0.0684. The summed E-state index contributed by atoms with van der Waals surface area (Å²) in [5.74, 6) is 0. The molecule has 1 fully saturated rings. The summed E-state index contributed by atoms with van der Waals surface area (Å²) in [7, 11) is 3.76. The molecule has 3 unspecified atom stereocenters. The second-order valence-electron chi connectivity index (χ2n) is 4.42. The Bertz CT molecular complexity index is 180. The van der Waals surface area contributed by atoms with Gasteiger partial charge < -0.3 is 14.4 Å². The molecule has 0 radical (unpaired) electrons. The van der Waals surface area contributed by atoms with Crippen molar-refractivity contribution >= 4 is 11.6 Å². The van der Waals surface area contributed by atoms with Crippen LogP contribution in [-0.4, -0.2) is 56.3 Å². The molecule has 1 aliphatic heterocycles. The van der Waals surface area contributed by atoms with Crippen molar-refractivity contribution in [3.8, 4) is 0 Å². The molecule has 0 saturated carbocycles. The predicted molar refractivity (Wildman–Crippen MR) is 62.6 cm³/mol. The summed E-state index contributed by atoms with van der Waals surface area (Å²) in [5, 5.41) is 0.0684. The van der Waals surface area contributed by atoms with Gasteiger partial charge in [0.2, 0.25) is 0 Å². The molecule has 0 N–H and O–H groups in total. The lowest BCUT2D eigenvalue weighted by atomic mass is 10.2. The summed E-state index contributed by atoms with van der Waals surface area (Å²) in [6, 6.07) is 0. The van der Waals surface area contributed by atoms with E-state index < -0.39 is 0 Å². The first-order valence-electron chi connectivity index (χ1n) is 5.58. The zero-order chi connectivity index (χ0) is 11.3. The van der Waals surface area contributed by atoms with Gasteiger partial charge in [-0.25, -0.2) is 0 Å². The zero-order valence-corrected chi connectivity index (χ0v) is 10.7. The fourth-order valence-electron chi connectivity index (χ4n) is 2.01. The predicted octanol–water partition coefficient (Wildman–Crippen LogP) is 1.74. The highest BCUT2D eigenvalue weighted by molar-refractivity contribution is 6.20. The van der Waals surface area contributed by atoms with Crippen LogP contribution >= 0.6 is 11.6 Å². The summed E-state index contributed by atoms with van der Waals surface area (Å²) in [6.45, 7) is 4.56. The molecular weight excluding hydrogens is 214 g/mol. The molecule has 0 aliphatic carbocycles. The fourth-order valence-corrected chi connectivity index (χ4v) is 2.38. The summed E-state index contributed by atoms with van der Waals surface area (Å²) in [5.41, 5.74) is 0. The lowest BCUT2D eigenvalue weighted by Crippen LogP contribution is -2.34. The van der Waals surface area contributed by atoms with Crippen molar-refractivity contribution in [2.75, 3.05) is 33.9 Å². The third-order valence-corrected chi connectivity index (χ3v) is 2.96. The Balaban J connectivity index is 2.15. The van der Waals surface area contributed by atoms with Gasteiger partial charge in [0.15, 0.2) is 0 Å². The number of rotatable bonds is 6. The van der Waals surface area contributed by atoms with Crippen molar-refractivity contribution in [2.24, 2.45) is 0 Å². The van der Waals surface area contributed by atoms with Crippen LogP contribution in [0.3, 0.4) is 0 Å². The van der Waals surface area contributed by atoms with Gasteiger partial charge in [0, 0.05) is 20.2 Å². The van der Waals surface area contributed by atoms with Gasteiger partial charge in [-0.1, -0.05) is 0 Å². The average Bonchev–Trinajstić information content (AvgIpc) is 2.51. The minimum Gasteiger partial charge on any atom is -0.383 e. The van der Waals surface area contributed by atoms with Crippen molar-refractivity contribution in [3.05, 3.63) is 0 Å². The molecule has 0 spiro atoms. The van der Waals surface area contributed by atoms with Crippen LogP contribution in [0.2, 0.25) is 0 Å². The van der Waals surface area contributed by atoms with Crippen molar-refractivity contribution in [1.29, 1.82) is 0 Å². The number of methoxy groups -OCH3 is 1. The van der Waals surface area contributed by atoms with E-state index in [2.05, 4.69) is 18.9 Å². The molecule has 0 aromatic rings. The van der Waals surface area contributed by atoms with Crippen LogP contribution in [-0.2, 0) is 9.47 Å². The second kappa shape index (κ2) is 6.69. The molecule has 15 heavy (non-hydrogen) atoms. The van der Waals surface area contributed by atoms with E-state index in [1.165, 1.54) is 12.8 Å². The quantitative estimate of drug-likeness (QED) is 0.655. The maximum atomic E-state index is 6.08. The van der Waals surface area contributed by atoms with Crippen LogP contribution < -0.4 is 0 Å². The Morgan fingerprint density at radius 3 is 2.80 bits per heavy atom. The molecule has 1 heterocycles. The second-order valence-corrected chi connectivity index (χ2v) is 5.04. The third-order valence-electron chi connectivity index (χ3n) is 2.69. The van der Waals surface area contributed by atoms with E-state index in [1.54, 1.807) is 7.11 Å². The topological polar surface area (TPSA) is 21.7 Å². The highest BCUT2D eigenvalue weighted by Crippen LogP contribution is 2.19. The van der Waals surface area contributed by atoms with Crippen molar-refractivity contribution in [2.45, 2.75) is 37.4 Å². The lowest BCUT2D eigenvalue weighted by molar-refractivity contribution is 0.0354. The Labute approximate surface area is 97.7 Å². The molecule has 3 atom stereocenters. The Hall–Kier alpha value is 0.170. The van der Waals surface area contributed by atoms with Crippen molar-refractivity contribution < 1.29 is 9.47 Å². The minimum absolute atomic E-state index is 0.0684. The summed E-state index contributed by atoms with van der Waals surface area (Å²) >= 11 is 6.08. The SMILES string of the molecule is COCC(Cl)CN(C)CC1CCC(C)O1. The van der Waals surface area contributed by atoms with Gasteiger partial charge in [-0.15, -0.1) is 11.6 Å². The number of likely N-dealkylation sites (N-methyl/N-ethyl adjacent to an activating group) is 1. The van der Waals surface area contributed by atoms with E-state index in [1.807, 2.05) is 0 Å². The summed E-state index contributed by atoms with van der Waals surface area (Å²) in [4.78, 5) is 2.22. The maximum absolute atomic E-state index is 6.08. The highest BCUT2D eigenvalue weighted by atomic mass is 35.5. The standard InChI is InChI=1S/C11H22ClNO2/c1-9-4-5-11(15-9)7-13(2)6-10(12)8-14-3/h9-11H,4-8H2,1-3H3. The van der Waals surface area contributed by atoms with E-state index in [4.69, 9.17) is 21.1 Å².